The van der Waals surface area contributed by atoms with Crippen LogP contribution in [0.3, 0.4) is 0 Å². The Morgan fingerprint density at radius 2 is 2.10 bits per heavy atom. The first kappa shape index (κ1) is 13.9. The van der Waals surface area contributed by atoms with Gasteiger partial charge >= 0.3 is 5.63 Å². The van der Waals surface area contributed by atoms with E-state index in [1.54, 1.807) is 12.1 Å². The van der Waals surface area contributed by atoms with E-state index in [-0.39, 0.29) is 24.1 Å². The standard InChI is InChI=1S/C15H17NO5/c1-16-6-5-8(11(16)7-17)9-3-2-4-10-12(18)13(19)15(20)21-14(9)10/h2-4,8,11,17-19H,5-7H2,1H3. The van der Waals surface area contributed by atoms with E-state index in [1.807, 2.05) is 13.1 Å². The second-order valence-corrected chi connectivity index (χ2v) is 5.44. The molecule has 112 valence electrons. The summed E-state index contributed by atoms with van der Waals surface area (Å²) in [6, 6.07) is 5.10. The first-order valence-electron chi connectivity index (χ1n) is 6.83. The van der Waals surface area contributed by atoms with Crippen LogP contribution in [-0.4, -0.2) is 46.5 Å². The molecule has 2 atom stereocenters. The van der Waals surface area contributed by atoms with Crippen molar-refractivity contribution in [3.63, 3.8) is 0 Å². The lowest BCUT2D eigenvalue weighted by atomic mass is 9.90. The van der Waals surface area contributed by atoms with Crippen molar-refractivity contribution >= 4 is 11.0 Å². The molecule has 3 rings (SSSR count). The van der Waals surface area contributed by atoms with Gasteiger partial charge in [0.25, 0.3) is 0 Å². The first-order chi connectivity index (χ1) is 10.0. The van der Waals surface area contributed by atoms with E-state index in [1.165, 1.54) is 0 Å². The molecule has 21 heavy (non-hydrogen) atoms. The number of likely N-dealkylation sites (tertiary alicyclic amines) is 1. The number of hydrogen-bond acceptors (Lipinski definition) is 6. The van der Waals surface area contributed by atoms with Crippen LogP contribution in [-0.2, 0) is 0 Å². The number of benzene rings is 1. The molecule has 3 N–H and O–H groups in total. The monoisotopic (exact) mass is 291 g/mol. The van der Waals surface area contributed by atoms with Crippen LogP contribution in [0.2, 0.25) is 0 Å². The number of nitrogens with zero attached hydrogens (tertiary/aromatic N) is 1. The molecule has 1 aromatic heterocycles. The summed E-state index contributed by atoms with van der Waals surface area (Å²) in [6.07, 6.45) is 0.826. The van der Waals surface area contributed by atoms with Gasteiger partial charge in [-0.05, 0) is 26.1 Å². The van der Waals surface area contributed by atoms with Crippen molar-refractivity contribution < 1.29 is 19.7 Å². The van der Waals surface area contributed by atoms with Crippen LogP contribution in [0.1, 0.15) is 17.9 Å². The van der Waals surface area contributed by atoms with Crippen LogP contribution in [0.25, 0.3) is 11.0 Å². The fourth-order valence-electron chi connectivity index (χ4n) is 3.15. The Morgan fingerprint density at radius 3 is 2.81 bits per heavy atom. The highest BCUT2D eigenvalue weighted by Crippen LogP contribution is 2.39. The van der Waals surface area contributed by atoms with Crippen LogP contribution < -0.4 is 5.63 Å². The van der Waals surface area contributed by atoms with Gasteiger partial charge in [0.1, 0.15) is 5.58 Å². The lowest BCUT2D eigenvalue weighted by Crippen LogP contribution is -2.31. The normalized spacial score (nSPS) is 23.0. The number of para-hydroxylation sites is 1. The maximum atomic E-state index is 11.6. The van der Waals surface area contributed by atoms with Crippen LogP contribution in [0.5, 0.6) is 11.5 Å². The number of rotatable bonds is 2. The molecule has 0 saturated carbocycles. The third-order valence-electron chi connectivity index (χ3n) is 4.32. The first-order valence-corrected chi connectivity index (χ1v) is 6.83. The quantitative estimate of drug-likeness (QED) is 0.714. The molecule has 6 nitrogen and oxygen atoms in total. The molecule has 0 bridgehead atoms. The lowest BCUT2D eigenvalue weighted by Gasteiger charge is -2.23. The van der Waals surface area contributed by atoms with Gasteiger partial charge in [-0.15, -0.1) is 0 Å². The van der Waals surface area contributed by atoms with Crippen molar-refractivity contribution in [3.05, 3.63) is 34.2 Å². The number of likely N-dealkylation sites (N-methyl/N-ethyl adjacent to an activating group) is 1. The van der Waals surface area contributed by atoms with Gasteiger partial charge in [-0.1, -0.05) is 12.1 Å². The Bertz CT molecular complexity index is 739. The van der Waals surface area contributed by atoms with Crippen molar-refractivity contribution in [1.29, 1.82) is 0 Å². The van der Waals surface area contributed by atoms with Gasteiger partial charge in [-0.25, -0.2) is 4.79 Å². The zero-order chi connectivity index (χ0) is 15.1. The Labute approximate surface area is 120 Å². The highest BCUT2D eigenvalue weighted by Gasteiger charge is 2.34. The lowest BCUT2D eigenvalue weighted by molar-refractivity contribution is 0.172. The third kappa shape index (κ3) is 2.07. The third-order valence-corrected chi connectivity index (χ3v) is 4.32. The molecule has 1 aromatic carbocycles. The van der Waals surface area contributed by atoms with Gasteiger partial charge in [-0.2, -0.15) is 0 Å². The van der Waals surface area contributed by atoms with Crippen LogP contribution in [0.4, 0.5) is 0 Å². The van der Waals surface area contributed by atoms with E-state index in [0.29, 0.717) is 5.39 Å². The van der Waals surface area contributed by atoms with Crippen LogP contribution >= 0.6 is 0 Å². The summed E-state index contributed by atoms with van der Waals surface area (Å²) in [5.41, 5.74) is 0.0826. The summed E-state index contributed by atoms with van der Waals surface area (Å²) in [4.78, 5) is 13.7. The molecule has 2 heterocycles. The van der Waals surface area contributed by atoms with Crippen molar-refractivity contribution in [3.8, 4) is 11.5 Å². The number of fused-ring (bicyclic) bond motifs is 1. The highest BCUT2D eigenvalue weighted by atomic mass is 16.4. The molecular formula is C15H17NO5. The molecule has 0 amide bonds. The fraction of sp³-hybridized carbons (Fsp3) is 0.400. The van der Waals surface area contributed by atoms with E-state index in [0.717, 1.165) is 18.5 Å². The summed E-state index contributed by atoms with van der Waals surface area (Å²) in [5.74, 6) is -1.23. The number of hydrogen-bond donors (Lipinski definition) is 3. The van der Waals surface area contributed by atoms with E-state index in [2.05, 4.69) is 4.90 Å². The zero-order valence-electron chi connectivity index (χ0n) is 11.6. The average molecular weight is 291 g/mol. The summed E-state index contributed by atoms with van der Waals surface area (Å²) in [5, 5.41) is 29.3. The van der Waals surface area contributed by atoms with E-state index < -0.39 is 17.1 Å². The van der Waals surface area contributed by atoms with E-state index in [9.17, 15) is 20.1 Å². The van der Waals surface area contributed by atoms with Gasteiger partial charge in [0.2, 0.25) is 5.75 Å². The molecule has 1 aliphatic rings. The molecule has 2 aromatic rings. The molecule has 6 heteroatoms. The average Bonchev–Trinajstić information content (AvgIpc) is 2.85. The van der Waals surface area contributed by atoms with E-state index >= 15 is 0 Å². The molecule has 1 fully saturated rings. The maximum Gasteiger partial charge on any atom is 0.382 e. The van der Waals surface area contributed by atoms with Gasteiger partial charge < -0.3 is 24.6 Å². The number of aliphatic hydroxyl groups is 1. The molecule has 0 spiro atoms. The molecule has 1 saturated heterocycles. The van der Waals surface area contributed by atoms with Crippen LogP contribution in [0.15, 0.2) is 27.4 Å². The fourth-order valence-corrected chi connectivity index (χ4v) is 3.15. The van der Waals surface area contributed by atoms with Gasteiger partial charge in [0.15, 0.2) is 5.75 Å². The number of aliphatic hydroxyl groups excluding tert-OH is 1. The summed E-state index contributed by atoms with van der Waals surface area (Å²) >= 11 is 0. The number of aromatic hydroxyl groups is 2. The predicted molar refractivity (Wildman–Crippen MR) is 76.7 cm³/mol. The Balaban J connectivity index is 2.22. The highest BCUT2D eigenvalue weighted by molar-refractivity contribution is 5.87. The molecule has 0 radical (unpaired) electrons. The van der Waals surface area contributed by atoms with Gasteiger partial charge in [0, 0.05) is 17.5 Å². The van der Waals surface area contributed by atoms with Gasteiger partial charge in [0.05, 0.1) is 12.0 Å². The summed E-state index contributed by atoms with van der Waals surface area (Å²) in [7, 11) is 1.94. The van der Waals surface area contributed by atoms with Crippen LogP contribution in [0, 0.1) is 0 Å². The van der Waals surface area contributed by atoms with Crippen molar-refractivity contribution in [1.82, 2.24) is 4.90 Å². The summed E-state index contributed by atoms with van der Waals surface area (Å²) < 4.78 is 5.18. The van der Waals surface area contributed by atoms with Gasteiger partial charge in [-0.3, -0.25) is 0 Å². The minimum absolute atomic E-state index is 0.00581. The zero-order valence-corrected chi connectivity index (χ0v) is 11.6. The Kier molecular flexibility index (Phi) is 3.35. The molecule has 2 unspecified atom stereocenters. The van der Waals surface area contributed by atoms with E-state index in [4.69, 9.17) is 4.42 Å². The summed E-state index contributed by atoms with van der Waals surface area (Å²) in [6.45, 7) is 0.840. The minimum atomic E-state index is -0.959. The largest absolute Gasteiger partial charge is 0.504 e. The van der Waals surface area contributed by atoms with Crippen molar-refractivity contribution in [2.24, 2.45) is 0 Å². The minimum Gasteiger partial charge on any atom is -0.504 e. The molecule has 1 aliphatic heterocycles. The SMILES string of the molecule is CN1CCC(c2cccc3c(O)c(O)c(=O)oc23)C1CO. The predicted octanol–water partition coefficient (Wildman–Crippen LogP) is 0.984. The maximum absolute atomic E-state index is 11.6. The Hall–Kier alpha value is -2.05. The topological polar surface area (TPSA) is 94.1 Å². The van der Waals surface area contributed by atoms with Crippen molar-refractivity contribution in [2.45, 2.75) is 18.4 Å². The smallest absolute Gasteiger partial charge is 0.382 e. The molecule has 0 aliphatic carbocycles. The van der Waals surface area contributed by atoms with Crippen molar-refractivity contribution in [2.75, 3.05) is 20.2 Å². The Morgan fingerprint density at radius 1 is 1.33 bits per heavy atom. The molecular weight excluding hydrogens is 274 g/mol. The second-order valence-electron chi connectivity index (χ2n) is 5.44. The second kappa shape index (κ2) is 5.05.